The van der Waals surface area contributed by atoms with Crippen LogP contribution in [0.1, 0.15) is 13.3 Å². The van der Waals surface area contributed by atoms with E-state index in [2.05, 4.69) is 4.74 Å². The van der Waals surface area contributed by atoms with Crippen LogP contribution < -0.4 is 0 Å². The third-order valence-corrected chi connectivity index (χ3v) is 1.92. The van der Waals surface area contributed by atoms with E-state index in [0.29, 0.717) is 0 Å². The number of carboxylic acid groups (broad SMARTS) is 1. The highest BCUT2D eigenvalue weighted by molar-refractivity contribution is 5.87. The maximum atomic E-state index is 11.1. The van der Waals surface area contributed by atoms with Crippen LogP contribution in [0, 0.1) is 0 Å². The van der Waals surface area contributed by atoms with Crippen LogP contribution in [-0.2, 0) is 14.3 Å². The summed E-state index contributed by atoms with van der Waals surface area (Å²) in [5.41, 5.74) is -1.66. The molecule has 0 saturated carbocycles. The number of aliphatic hydroxyl groups is 1. The molecule has 0 aromatic rings. The van der Waals surface area contributed by atoms with Gasteiger partial charge in [0.15, 0.2) is 5.60 Å². The maximum Gasteiger partial charge on any atom is 0.349 e. The van der Waals surface area contributed by atoms with Crippen molar-refractivity contribution in [2.24, 2.45) is 0 Å². The smallest absolute Gasteiger partial charge is 0.349 e. The van der Waals surface area contributed by atoms with Crippen LogP contribution in [0.3, 0.4) is 0 Å². The van der Waals surface area contributed by atoms with Crippen LogP contribution in [0.2, 0.25) is 0 Å². The zero-order valence-electron chi connectivity index (χ0n) is 7.06. The van der Waals surface area contributed by atoms with E-state index in [4.69, 9.17) is 5.11 Å². The summed E-state index contributed by atoms with van der Waals surface area (Å²) in [4.78, 5) is 21.5. The number of esters is 1. The highest BCUT2D eigenvalue weighted by atomic mass is 16.6. The van der Waals surface area contributed by atoms with Crippen molar-refractivity contribution in [1.82, 2.24) is 0 Å². The summed E-state index contributed by atoms with van der Waals surface area (Å²) in [5.74, 6) is -2.16. The average Bonchev–Trinajstić information content (AvgIpc) is 2.09. The summed E-state index contributed by atoms with van der Waals surface area (Å²) in [6.07, 6.45) is 1.21. The SMILES string of the molecule is CCC1(O)C=CC(C(=O)O)OC1=O. The number of cyclic esters (lactones) is 1. The van der Waals surface area contributed by atoms with Gasteiger partial charge in [0, 0.05) is 0 Å². The molecule has 0 aromatic heterocycles. The lowest BCUT2D eigenvalue weighted by molar-refractivity contribution is -0.174. The molecule has 5 heteroatoms. The van der Waals surface area contributed by atoms with E-state index in [1.807, 2.05) is 0 Å². The molecule has 13 heavy (non-hydrogen) atoms. The van der Waals surface area contributed by atoms with E-state index >= 15 is 0 Å². The van der Waals surface area contributed by atoms with Crippen molar-refractivity contribution in [2.75, 3.05) is 0 Å². The Bertz CT molecular complexity index is 270. The van der Waals surface area contributed by atoms with Crippen molar-refractivity contribution in [3.63, 3.8) is 0 Å². The minimum Gasteiger partial charge on any atom is -0.478 e. The predicted octanol–water partition coefficient (Wildman–Crippen LogP) is -0.306. The normalized spacial score (nSPS) is 32.8. The Morgan fingerprint density at radius 2 is 2.38 bits per heavy atom. The first-order chi connectivity index (χ1) is 5.99. The van der Waals surface area contributed by atoms with E-state index in [9.17, 15) is 14.7 Å². The van der Waals surface area contributed by atoms with E-state index in [1.165, 1.54) is 0 Å². The topological polar surface area (TPSA) is 83.8 Å². The molecule has 72 valence electrons. The Hall–Kier alpha value is -1.36. The van der Waals surface area contributed by atoms with E-state index < -0.39 is 23.6 Å². The molecule has 0 bridgehead atoms. The van der Waals surface area contributed by atoms with Gasteiger partial charge in [-0.25, -0.2) is 9.59 Å². The van der Waals surface area contributed by atoms with Gasteiger partial charge in [-0.05, 0) is 18.6 Å². The molecule has 0 amide bonds. The molecular formula is C8H10O5. The lowest BCUT2D eigenvalue weighted by atomic mass is 9.97. The molecule has 1 rings (SSSR count). The second-order valence-corrected chi connectivity index (χ2v) is 2.80. The van der Waals surface area contributed by atoms with Gasteiger partial charge in [-0.2, -0.15) is 0 Å². The van der Waals surface area contributed by atoms with Gasteiger partial charge in [0.05, 0.1) is 0 Å². The van der Waals surface area contributed by atoms with Gasteiger partial charge in [-0.3, -0.25) is 0 Å². The Morgan fingerprint density at radius 1 is 1.77 bits per heavy atom. The van der Waals surface area contributed by atoms with Crippen molar-refractivity contribution >= 4 is 11.9 Å². The van der Waals surface area contributed by atoms with Crippen molar-refractivity contribution in [3.8, 4) is 0 Å². The van der Waals surface area contributed by atoms with Gasteiger partial charge in [0.25, 0.3) is 0 Å². The second-order valence-electron chi connectivity index (χ2n) is 2.80. The largest absolute Gasteiger partial charge is 0.478 e. The summed E-state index contributed by atoms with van der Waals surface area (Å²) in [6, 6.07) is 0. The summed E-state index contributed by atoms with van der Waals surface area (Å²) < 4.78 is 4.48. The first kappa shape index (κ1) is 9.73. The highest BCUT2D eigenvalue weighted by Crippen LogP contribution is 2.20. The summed E-state index contributed by atoms with van der Waals surface area (Å²) in [5, 5.41) is 18.0. The quantitative estimate of drug-likeness (QED) is 0.456. The van der Waals surface area contributed by atoms with Gasteiger partial charge < -0.3 is 14.9 Å². The van der Waals surface area contributed by atoms with E-state index in [0.717, 1.165) is 12.2 Å². The molecule has 5 nitrogen and oxygen atoms in total. The minimum atomic E-state index is -1.66. The van der Waals surface area contributed by atoms with Crippen LogP contribution in [0.5, 0.6) is 0 Å². The Morgan fingerprint density at radius 3 is 2.77 bits per heavy atom. The molecule has 1 heterocycles. The first-order valence-corrected chi connectivity index (χ1v) is 3.85. The molecule has 2 N–H and O–H groups in total. The lowest BCUT2D eigenvalue weighted by Crippen LogP contribution is -2.44. The van der Waals surface area contributed by atoms with Crippen molar-refractivity contribution in [3.05, 3.63) is 12.2 Å². The molecular weight excluding hydrogens is 176 g/mol. The van der Waals surface area contributed by atoms with Crippen molar-refractivity contribution in [1.29, 1.82) is 0 Å². The van der Waals surface area contributed by atoms with Crippen LogP contribution in [0.4, 0.5) is 0 Å². The third-order valence-electron chi connectivity index (χ3n) is 1.92. The molecule has 0 aliphatic carbocycles. The molecule has 0 fully saturated rings. The fraction of sp³-hybridized carbons (Fsp3) is 0.500. The third kappa shape index (κ3) is 1.70. The highest BCUT2D eigenvalue weighted by Gasteiger charge is 2.39. The summed E-state index contributed by atoms with van der Waals surface area (Å²) >= 11 is 0. The zero-order valence-corrected chi connectivity index (χ0v) is 7.06. The zero-order chi connectivity index (χ0) is 10.1. The fourth-order valence-electron chi connectivity index (χ4n) is 0.966. The molecule has 0 aromatic carbocycles. The number of carbonyl (C=O) groups excluding carboxylic acids is 1. The van der Waals surface area contributed by atoms with Crippen molar-refractivity contribution in [2.45, 2.75) is 25.0 Å². The summed E-state index contributed by atoms with van der Waals surface area (Å²) in [7, 11) is 0. The number of rotatable bonds is 2. The van der Waals surface area contributed by atoms with Gasteiger partial charge in [0.2, 0.25) is 6.10 Å². The number of hydrogen-bond acceptors (Lipinski definition) is 4. The fourth-order valence-corrected chi connectivity index (χ4v) is 0.966. The molecule has 0 saturated heterocycles. The Balaban J connectivity index is 2.86. The molecule has 1 aliphatic rings. The van der Waals surface area contributed by atoms with Crippen molar-refractivity contribution < 1.29 is 24.5 Å². The molecule has 2 atom stereocenters. The second kappa shape index (κ2) is 3.18. The number of hydrogen-bond donors (Lipinski definition) is 2. The van der Waals surface area contributed by atoms with E-state index in [-0.39, 0.29) is 6.42 Å². The monoisotopic (exact) mass is 186 g/mol. The first-order valence-electron chi connectivity index (χ1n) is 3.85. The van der Waals surface area contributed by atoms with Gasteiger partial charge in [-0.1, -0.05) is 6.92 Å². The van der Waals surface area contributed by atoms with E-state index in [1.54, 1.807) is 6.92 Å². The molecule has 0 spiro atoms. The van der Waals surface area contributed by atoms with Crippen LogP contribution in [0.25, 0.3) is 0 Å². The number of aliphatic carboxylic acids is 1. The Labute approximate surface area is 74.6 Å². The molecule has 1 aliphatic heterocycles. The number of carboxylic acids is 1. The maximum absolute atomic E-state index is 11.1. The Kier molecular flexibility index (Phi) is 2.38. The molecule has 2 unspecified atom stereocenters. The molecule has 0 radical (unpaired) electrons. The lowest BCUT2D eigenvalue weighted by Gasteiger charge is -2.26. The average molecular weight is 186 g/mol. The van der Waals surface area contributed by atoms with Gasteiger partial charge in [0.1, 0.15) is 0 Å². The van der Waals surface area contributed by atoms with Gasteiger partial charge in [-0.15, -0.1) is 0 Å². The predicted molar refractivity (Wildman–Crippen MR) is 41.9 cm³/mol. The van der Waals surface area contributed by atoms with Crippen LogP contribution in [0.15, 0.2) is 12.2 Å². The number of carbonyl (C=O) groups is 2. The number of ether oxygens (including phenoxy) is 1. The minimum absolute atomic E-state index is 0.161. The van der Waals surface area contributed by atoms with Gasteiger partial charge >= 0.3 is 11.9 Å². The van der Waals surface area contributed by atoms with Crippen LogP contribution in [-0.4, -0.2) is 33.9 Å². The van der Waals surface area contributed by atoms with Crippen LogP contribution >= 0.6 is 0 Å². The summed E-state index contributed by atoms with van der Waals surface area (Å²) in [6.45, 7) is 1.60. The standard InChI is InChI=1S/C8H10O5/c1-2-8(12)4-3-5(6(9)10)13-7(8)11/h3-5,12H,2H2,1H3,(H,9,10).